The van der Waals surface area contributed by atoms with Gasteiger partial charge in [-0.1, -0.05) is 6.92 Å². The normalized spacial score (nSPS) is 41.1. The zero-order chi connectivity index (χ0) is 10.7. The first kappa shape index (κ1) is 11.5. The van der Waals surface area contributed by atoms with Crippen LogP contribution in [0, 0.1) is 0 Å². The molecule has 5 heteroatoms. The van der Waals surface area contributed by atoms with Gasteiger partial charge in [0, 0.05) is 0 Å². The quantitative estimate of drug-likeness (QED) is 0.451. The number of aliphatic hydroxyl groups excluding tert-OH is 4. The summed E-state index contributed by atoms with van der Waals surface area (Å²) in [5.41, 5.74) is 0. The van der Waals surface area contributed by atoms with Gasteiger partial charge in [0.15, 0.2) is 0 Å². The number of aliphatic hydroxyl groups is 4. The van der Waals surface area contributed by atoms with E-state index in [0.29, 0.717) is 6.42 Å². The maximum Gasteiger partial charge on any atom is 0.150 e. The largest absolute Gasteiger partial charge is 0.487 e. The Hall–Kier alpha value is -0.620. The number of ether oxygens (including phenoxy) is 1. The highest BCUT2D eigenvalue weighted by Crippen LogP contribution is 2.23. The van der Waals surface area contributed by atoms with Crippen molar-refractivity contribution in [2.75, 3.05) is 6.61 Å². The van der Waals surface area contributed by atoms with Gasteiger partial charge in [-0.15, -0.1) is 0 Å². The summed E-state index contributed by atoms with van der Waals surface area (Å²) >= 11 is 0. The molecule has 1 aliphatic heterocycles. The summed E-state index contributed by atoms with van der Waals surface area (Å²) in [6, 6.07) is 0. The molecule has 1 heterocycles. The molecule has 4 N–H and O–H groups in total. The van der Waals surface area contributed by atoms with Crippen molar-refractivity contribution in [3.05, 3.63) is 11.8 Å². The molecule has 0 bridgehead atoms. The molecule has 0 unspecified atom stereocenters. The molecule has 82 valence electrons. The van der Waals surface area contributed by atoms with E-state index in [1.165, 1.54) is 0 Å². The van der Waals surface area contributed by atoms with E-state index in [0.717, 1.165) is 0 Å². The van der Waals surface area contributed by atoms with E-state index in [2.05, 4.69) is 0 Å². The van der Waals surface area contributed by atoms with E-state index in [1.54, 1.807) is 6.08 Å². The molecule has 0 aromatic rings. The highest BCUT2D eigenvalue weighted by atomic mass is 16.5. The van der Waals surface area contributed by atoms with Crippen molar-refractivity contribution in [2.24, 2.45) is 0 Å². The fourth-order valence-corrected chi connectivity index (χ4v) is 1.40. The van der Waals surface area contributed by atoms with Crippen molar-refractivity contribution in [3.63, 3.8) is 0 Å². The average molecular weight is 204 g/mol. The van der Waals surface area contributed by atoms with Gasteiger partial charge in [-0.2, -0.15) is 0 Å². The zero-order valence-electron chi connectivity index (χ0n) is 8.00. The lowest BCUT2D eigenvalue weighted by molar-refractivity contribution is -0.165. The zero-order valence-corrected chi connectivity index (χ0v) is 8.00. The molecule has 1 rings (SSSR count). The first-order chi connectivity index (χ1) is 6.61. The molecule has 0 amide bonds. The van der Waals surface area contributed by atoms with Crippen molar-refractivity contribution in [1.82, 2.24) is 0 Å². The van der Waals surface area contributed by atoms with Gasteiger partial charge in [0.1, 0.15) is 30.2 Å². The second kappa shape index (κ2) is 4.75. The summed E-state index contributed by atoms with van der Waals surface area (Å²) in [6.45, 7) is 1.46. The monoisotopic (exact) mass is 204 g/mol. The first-order valence-corrected chi connectivity index (χ1v) is 4.63. The Morgan fingerprint density at radius 3 is 2.43 bits per heavy atom. The molecular formula is C9H16O5. The maximum absolute atomic E-state index is 9.47. The van der Waals surface area contributed by atoms with Crippen LogP contribution >= 0.6 is 0 Å². The second-order valence-electron chi connectivity index (χ2n) is 3.28. The van der Waals surface area contributed by atoms with Crippen molar-refractivity contribution < 1.29 is 25.2 Å². The van der Waals surface area contributed by atoms with Crippen LogP contribution in [0.2, 0.25) is 0 Å². The van der Waals surface area contributed by atoms with Crippen molar-refractivity contribution in [1.29, 1.82) is 0 Å². The predicted octanol–water partition coefficient (Wildman–Crippen LogP) is -1.25. The Kier molecular flexibility index (Phi) is 3.88. The third-order valence-corrected chi connectivity index (χ3v) is 2.22. The van der Waals surface area contributed by atoms with E-state index in [1.807, 2.05) is 6.92 Å². The van der Waals surface area contributed by atoms with Crippen molar-refractivity contribution in [3.8, 4) is 0 Å². The average Bonchev–Trinajstić information content (AvgIpc) is 2.19. The van der Waals surface area contributed by atoms with Crippen LogP contribution in [-0.4, -0.2) is 51.4 Å². The van der Waals surface area contributed by atoms with Crippen molar-refractivity contribution in [2.45, 2.75) is 37.8 Å². The van der Waals surface area contributed by atoms with Crippen LogP contribution in [0.1, 0.15) is 13.3 Å². The lowest BCUT2D eigenvalue weighted by Crippen LogP contribution is -2.52. The van der Waals surface area contributed by atoms with Gasteiger partial charge in [0.2, 0.25) is 0 Å². The van der Waals surface area contributed by atoms with Crippen LogP contribution in [-0.2, 0) is 4.74 Å². The third-order valence-electron chi connectivity index (χ3n) is 2.22. The van der Waals surface area contributed by atoms with Gasteiger partial charge < -0.3 is 25.2 Å². The summed E-state index contributed by atoms with van der Waals surface area (Å²) < 4.78 is 5.12. The van der Waals surface area contributed by atoms with Gasteiger partial charge in [0.25, 0.3) is 0 Å². The molecule has 0 aliphatic carbocycles. The molecule has 0 radical (unpaired) electrons. The van der Waals surface area contributed by atoms with Crippen LogP contribution in [0.25, 0.3) is 0 Å². The van der Waals surface area contributed by atoms with Crippen LogP contribution in [0.15, 0.2) is 11.8 Å². The number of hydrogen-bond acceptors (Lipinski definition) is 5. The molecule has 4 atom stereocenters. The topological polar surface area (TPSA) is 90.2 Å². The van der Waals surface area contributed by atoms with Gasteiger partial charge in [-0.05, 0) is 12.5 Å². The molecule has 1 aliphatic rings. The van der Waals surface area contributed by atoms with Gasteiger partial charge in [0.05, 0.1) is 6.61 Å². The van der Waals surface area contributed by atoms with E-state index >= 15 is 0 Å². The van der Waals surface area contributed by atoms with Crippen LogP contribution in [0.5, 0.6) is 0 Å². The van der Waals surface area contributed by atoms with E-state index in [4.69, 9.17) is 9.84 Å². The smallest absolute Gasteiger partial charge is 0.150 e. The molecular weight excluding hydrogens is 188 g/mol. The van der Waals surface area contributed by atoms with E-state index in [9.17, 15) is 15.3 Å². The summed E-state index contributed by atoms with van der Waals surface area (Å²) in [7, 11) is 0. The fourth-order valence-electron chi connectivity index (χ4n) is 1.40. The predicted molar refractivity (Wildman–Crippen MR) is 48.4 cm³/mol. The number of allylic oxidation sites excluding steroid dienone is 1. The minimum absolute atomic E-state index is 0.212. The molecule has 5 nitrogen and oxygen atoms in total. The van der Waals surface area contributed by atoms with E-state index in [-0.39, 0.29) is 5.76 Å². The fraction of sp³-hybridized carbons (Fsp3) is 0.778. The summed E-state index contributed by atoms with van der Waals surface area (Å²) in [4.78, 5) is 0. The lowest BCUT2D eigenvalue weighted by Gasteiger charge is -2.36. The first-order valence-electron chi connectivity index (χ1n) is 4.63. The minimum Gasteiger partial charge on any atom is -0.487 e. The molecule has 0 aromatic carbocycles. The molecule has 1 fully saturated rings. The third kappa shape index (κ3) is 2.06. The molecule has 1 saturated heterocycles. The Bertz CT molecular complexity index is 213. The molecule has 0 aromatic heterocycles. The van der Waals surface area contributed by atoms with Gasteiger partial charge in [-0.25, -0.2) is 0 Å². The standard InChI is InChI=1S/C9H16O5/c1-2-3-5-7(11)9(13)8(12)6(4-10)14-5/h3,6-13H,2,4H2,1H3/b5-3-/t6-,7+,8-,9-/m1/s1. The maximum atomic E-state index is 9.47. The highest BCUT2D eigenvalue weighted by Gasteiger charge is 2.40. The van der Waals surface area contributed by atoms with Crippen molar-refractivity contribution >= 4 is 0 Å². The number of rotatable bonds is 2. The Balaban J connectivity index is 2.78. The van der Waals surface area contributed by atoms with Gasteiger partial charge >= 0.3 is 0 Å². The molecule has 0 saturated carbocycles. The second-order valence-corrected chi connectivity index (χ2v) is 3.28. The summed E-state index contributed by atoms with van der Waals surface area (Å²) in [5, 5.41) is 37.1. The highest BCUT2D eigenvalue weighted by molar-refractivity contribution is 5.09. The molecule has 14 heavy (non-hydrogen) atoms. The van der Waals surface area contributed by atoms with Crippen LogP contribution < -0.4 is 0 Å². The van der Waals surface area contributed by atoms with Crippen LogP contribution in [0.4, 0.5) is 0 Å². The SMILES string of the molecule is CC/C=C1\O[C@H](CO)[C@@H](O)[C@H](O)[C@H]1O. The Labute approximate surface area is 82.3 Å². The van der Waals surface area contributed by atoms with Crippen LogP contribution in [0.3, 0.4) is 0 Å². The van der Waals surface area contributed by atoms with Gasteiger partial charge in [-0.3, -0.25) is 0 Å². The molecule has 0 spiro atoms. The lowest BCUT2D eigenvalue weighted by atomic mass is 9.98. The summed E-state index contributed by atoms with van der Waals surface area (Å²) in [5.74, 6) is 0.212. The minimum atomic E-state index is -1.31. The Morgan fingerprint density at radius 2 is 1.93 bits per heavy atom. The Morgan fingerprint density at radius 1 is 1.29 bits per heavy atom. The van der Waals surface area contributed by atoms with E-state index < -0.39 is 31.0 Å². The summed E-state index contributed by atoms with van der Waals surface area (Å²) in [6.07, 6.45) is -2.39. The number of hydrogen-bond donors (Lipinski definition) is 4.